The minimum atomic E-state index is 0.128. The van der Waals surface area contributed by atoms with Gasteiger partial charge in [0.05, 0.1) is 25.4 Å². The molecule has 0 unspecified atom stereocenters. The van der Waals surface area contributed by atoms with Crippen molar-refractivity contribution in [2.24, 2.45) is 0 Å². The summed E-state index contributed by atoms with van der Waals surface area (Å²) in [5.41, 5.74) is 1.13. The number of nitrogens with one attached hydrogen (secondary N) is 1. The quantitative estimate of drug-likeness (QED) is 0.830. The minimum absolute atomic E-state index is 0.128. The highest BCUT2D eigenvalue weighted by Crippen LogP contribution is 2.26. The van der Waals surface area contributed by atoms with E-state index in [2.05, 4.69) is 38.2 Å². The molecule has 1 saturated heterocycles. The summed E-state index contributed by atoms with van der Waals surface area (Å²) in [7, 11) is 0. The molecular formula is C15H24N6O. The SMILES string of the molecule is CCc1n[nH]c(CN2CCC[C@@H](c3ccn(CCO)n3)C2)n1. The Morgan fingerprint density at radius 3 is 3.14 bits per heavy atom. The van der Waals surface area contributed by atoms with Gasteiger partial charge in [0.15, 0.2) is 0 Å². The van der Waals surface area contributed by atoms with Gasteiger partial charge in [0.25, 0.3) is 0 Å². The maximum Gasteiger partial charge on any atom is 0.150 e. The van der Waals surface area contributed by atoms with Crippen molar-refractivity contribution in [1.82, 2.24) is 29.9 Å². The van der Waals surface area contributed by atoms with Crippen LogP contribution in [0.25, 0.3) is 0 Å². The number of likely N-dealkylation sites (tertiary alicyclic amines) is 1. The molecule has 1 aliphatic rings. The fourth-order valence-corrected chi connectivity index (χ4v) is 3.04. The molecule has 3 heterocycles. The number of aryl methyl sites for hydroxylation is 1. The second kappa shape index (κ2) is 7.02. The molecule has 0 spiro atoms. The van der Waals surface area contributed by atoms with Crippen molar-refractivity contribution in [3.05, 3.63) is 29.6 Å². The van der Waals surface area contributed by atoms with Crippen molar-refractivity contribution in [3.63, 3.8) is 0 Å². The number of piperidine rings is 1. The lowest BCUT2D eigenvalue weighted by atomic mass is 9.95. The molecule has 7 nitrogen and oxygen atoms in total. The number of aliphatic hydroxyl groups excluding tert-OH is 1. The average Bonchev–Trinajstić information content (AvgIpc) is 3.17. The fourth-order valence-electron chi connectivity index (χ4n) is 3.04. The highest BCUT2D eigenvalue weighted by Gasteiger charge is 2.23. The largest absolute Gasteiger partial charge is 0.394 e. The molecular weight excluding hydrogens is 280 g/mol. The predicted molar refractivity (Wildman–Crippen MR) is 82.3 cm³/mol. The second-order valence-corrected chi connectivity index (χ2v) is 5.85. The maximum absolute atomic E-state index is 8.98. The molecule has 1 aliphatic heterocycles. The number of rotatable bonds is 6. The van der Waals surface area contributed by atoms with Crippen LogP contribution >= 0.6 is 0 Å². The van der Waals surface area contributed by atoms with Crippen LogP contribution in [0.1, 0.15) is 43.0 Å². The summed E-state index contributed by atoms with van der Waals surface area (Å²) >= 11 is 0. The number of hydrogen-bond donors (Lipinski definition) is 2. The molecule has 0 radical (unpaired) electrons. The molecule has 0 bridgehead atoms. The zero-order valence-corrected chi connectivity index (χ0v) is 13.1. The third-order valence-corrected chi connectivity index (χ3v) is 4.18. The van der Waals surface area contributed by atoms with Crippen LogP contribution < -0.4 is 0 Å². The van der Waals surface area contributed by atoms with Crippen LogP contribution in [0.3, 0.4) is 0 Å². The lowest BCUT2D eigenvalue weighted by Crippen LogP contribution is -2.34. The zero-order valence-electron chi connectivity index (χ0n) is 13.1. The molecule has 1 fully saturated rings. The van der Waals surface area contributed by atoms with Crippen LogP contribution in [0.5, 0.6) is 0 Å². The van der Waals surface area contributed by atoms with E-state index in [1.807, 2.05) is 10.9 Å². The Kier molecular flexibility index (Phi) is 4.84. The van der Waals surface area contributed by atoms with Crippen LogP contribution in [0, 0.1) is 0 Å². The number of nitrogens with zero attached hydrogens (tertiary/aromatic N) is 5. The van der Waals surface area contributed by atoms with Gasteiger partial charge in [-0.1, -0.05) is 6.92 Å². The Morgan fingerprint density at radius 1 is 1.45 bits per heavy atom. The second-order valence-electron chi connectivity index (χ2n) is 5.85. The van der Waals surface area contributed by atoms with Gasteiger partial charge < -0.3 is 5.11 Å². The van der Waals surface area contributed by atoms with Crippen molar-refractivity contribution >= 4 is 0 Å². The van der Waals surface area contributed by atoms with Crippen molar-refractivity contribution < 1.29 is 5.11 Å². The van der Waals surface area contributed by atoms with Gasteiger partial charge in [-0.2, -0.15) is 10.2 Å². The third-order valence-electron chi connectivity index (χ3n) is 4.18. The lowest BCUT2D eigenvalue weighted by Gasteiger charge is -2.31. The molecule has 0 amide bonds. The minimum Gasteiger partial charge on any atom is -0.394 e. The molecule has 7 heteroatoms. The Bertz CT molecular complexity index is 592. The van der Waals surface area contributed by atoms with Crippen molar-refractivity contribution in [2.45, 2.75) is 45.2 Å². The average molecular weight is 304 g/mol. The van der Waals surface area contributed by atoms with Gasteiger partial charge in [-0.15, -0.1) is 0 Å². The summed E-state index contributed by atoms with van der Waals surface area (Å²) in [5.74, 6) is 2.29. The Morgan fingerprint density at radius 2 is 2.36 bits per heavy atom. The van der Waals surface area contributed by atoms with Gasteiger partial charge >= 0.3 is 0 Å². The van der Waals surface area contributed by atoms with E-state index >= 15 is 0 Å². The molecule has 0 saturated carbocycles. The van der Waals surface area contributed by atoms with Crippen molar-refractivity contribution in [3.8, 4) is 0 Å². The molecule has 0 aromatic carbocycles. The van der Waals surface area contributed by atoms with Crippen LogP contribution in [-0.4, -0.2) is 54.7 Å². The number of H-pyrrole nitrogens is 1. The van der Waals surface area contributed by atoms with Gasteiger partial charge in [0, 0.05) is 25.1 Å². The fraction of sp³-hybridized carbons (Fsp3) is 0.667. The molecule has 2 aromatic heterocycles. The summed E-state index contributed by atoms with van der Waals surface area (Å²) in [6.45, 7) is 5.67. The highest BCUT2D eigenvalue weighted by molar-refractivity contribution is 5.08. The van der Waals surface area contributed by atoms with E-state index in [0.717, 1.165) is 43.4 Å². The molecule has 2 N–H and O–H groups in total. The van der Waals surface area contributed by atoms with Crippen LogP contribution in [0.15, 0.2) is 12.3 Å². The van der Waals surface area contributed by atoms with E-state index in [9.17, 15) is 0 Å². The number of aromatic amines is 1. The van der Waals surface area contributed by atoms with E-state index in [1.165, 1.54) is 12.8 Å². The van der Waals surface area contributed by atoms with Crippen molar-refractivity contribution in [2.75, 3.05) is 19.7 Å². The molecule has 2 aromatic rings. The van der Waals surface area contributed by atoms with Crippen LogP contribution in [-0.2, 0) is 19.5 Å². The summed E-state index contributed by atoms with van der Waals surface area (Å²) in [6.07, 6.45) is 5.16. The standard InChI is InChI=1S/C15H24N6O/c1-2-14-16-15(18-17-14)11-20-6-3-4-12(10-20)13-5-7-21(19-13)8-9-22/h5,7,12,22H,2-4,6,8-11H2,1H3,(H,16,17,18)/t12-/m1/s1. The molecule has 1 atom stereocenters. The topological polar surface area (TPSA) is 82.9 Å². The molecule has 22 heavy (non-hydrogen) atoms. The third kappa shape index (κ3) is 3.53. The first-order chi connectivity index (χ1) is 10.8. The summed E-state index contributed by atoms with van der Waals surface area (Å²) in [4.78, 5) is 6.91. The Hall–Kier alpha value is -1.73. The molecule has 3 rings (SSSR count). The van der Waals surface area contributed by atoms with Gasteiger partial charge in [-0.3, -0.25) is 14.7 Å². The normalized spacial score (nSPS) is 19.6. The highest BCUT2D eigenvalue weighted by atomic mass is 16.3. The summed E-state index contributed by atoms with van der Waals surface area (Å²) in [6, 6.07) is 2.08. The smallest absolute Gasteiger partial charge is 0.150 e. The van der Waals surface area contributed by atoms with E-state index in [0.29, 0.717) is 12.5 Å². The number of hydrogen-bond acceptors (Lipinski definition) is 5. The maximum atomic E-state index is 8.98. The summed E-state index contributed by atoms with van der Waals surface area (Å²) < 4.78 is 1.82. The van der Waals surface area contributed by atoms with Gasteiger partial charge in [-0.25, -0.2) is 4.98 Å². The first-order valence-electron chi connectivity index (χ1n) is 8.05. The monoisotopic (exact) mass is 304 g/mol. The zero-order chi connectivity index (χ0) is 15.4. The van der Waals surface area contributed by atoms with Gasteiger partial charge in [0.2, 0.25) is 0 Å². The first kappa shape index (κ1) is 15.2. The van der Waals surface area contributed by atoms with Gasteiger partial charge in [-0.05, 0) is 25.5 Å². The first-order valence-corrected chi connectivity index (χ1v) is 8.05. The lowest BCUT2D eigenvalue weighted by molar-refractivity contribution is 0.193. The summed E-state index contributed by atoms with van der Waals surface area (Å²) in [5, 5.41) is 20.8. The van der Waals surface area contributed by atoms with Crippen LogP contribution in [0.2, 0.25) is 0 Å². The Balaban J connectivity index is 1.60. The van der Waals surface area contributed by atoms with Gasteiger partial charge in [0.1, 0.15) is 11.6 Å². The van der Waals surface area contributed by atoms with E-state index in [4.69, 9.17) is 5.11 Å². The Labute approximate surface area is 130 Å². The predicted octanol–water partition coefficient (Wildman–Crippen LogP) is 0.935. The van der Waals surface area contributed by atoms with Crippen molar-refractivity contribution in [1.29, 1.82) is 0 Å². The molecule has 0 aliphatic carbocycles. The van der Waals surface area contributed by atoms with E-state index < -0.39 is 0 Å². The molecule has 120 valence electrons. The van der Waals surface area contributed by atoms with E-state index in [1.54, 1.807) is 0 Å². The number of aliphatic hydroxyl groups is 1. The number of aromatic nitrogens is 5. The van der Waals surface area contributed by atoms with E-state index in [-0.39, 0.29) is 6.61 Å². The van der Waals surface area contributed by atoms with Crippen LogP contribution in [0.4, 0.5) is 0 Å².